The van der Waals surface area contributed by atoms with Gasteiger partial charge in [0.1, 0.15) is 0 Å². The number of unbranched alkanes of at least 4 members (excludes halogenated alkanes) is 5. The van der Waals surface area contributed by atoms with E-state index in [1.54, 1.807) is 0 Å². The molecule has 1 saturated carbocycles. The molecule has 2 unspecified atom stereocenters. The summed E-state index contributed by atoms with van der Waals surface area (Å²) in [5, 5.41) is 3.82. The van der Waals surface area contributed by atoms with Crippen LogP contribution in [0.1, 0.15) is 97.3 Å². The first-order chi connectivity index (χ1) is 9.36. The highest BCUT2D eigenvalue weighted by molar-refractivity contribution is 4.74. The molecule has 1 aliphatic rings. The lowest BCUT2D eigenvalue weighted by Gasteiger charge is -2.16. The van der Waals surface area contributed by atoms with Crippen molar-refractivity contribution in [3.8, 4) is 0 Å². The summed E-state index contributed by atoms with van der Waals surface area (Å²) in [5.74, 6) is 1.03. The van der Waals surface area contributed by atoms with E-state index in [1.807, 2.05) is 0 Å². The van der Waals surface area contributed by atoms with Crippen LogP contribution in [0.2, 0.25) is 0 Å². The molecule has 1 aliphatic carbocycles. The minimum Gasteiger partial charge on any atom is -0.314 e. The van der Waals surface area contributed by atoms with E-state index in [4.69, 9.17) is 0 Å². The first-order valence-corrected chi connectivity index (χ1v) is 9.10. The van der Waals surface area contributed by atoms with E-state index in [-0.39, 0.29) is 0 Å². The Hall–Kier alpha value is -0.0400. The van der Waals surface area contributed by atoms with Gasteiger partial charge in [-0.3, -0.25) is 0 Å². The number of rotatable bonds is 10. The smallest absolute Gasteiger partial charge is 0.00671 e. The van der Waals surface area contributed by atoms with Crippen LogP contribution in [-0.2, 0) is 0 Å². The predicted molar refractivity (Wildman–Crippen MR) is 86.6 cm³/mol. The topological polar surface area (TPSA) is 12.0 Å². The molecule has 0 bridgehead atoms. The third-order valence-corrected chi connectivity index (χ3v) is 4.75. The van der Waals surface area contributed by atoms with Gasteiger partial charge in [-0.05, 0) is 38.1 Å². The molecule has 0 aromatic rings. The lowest BCUT2D eigenvalue weighted by atomic mass is 9.95. The second-order valence-electron chi connectivity index (χ2n) is 6.58. The standard InChI is InChI=1S/C18H37N/c1-3-5-6-7-8-9-16-19-18-13-10-12-17(11-4-2)14-15-18/h17-19H,3-16H2,1-2H3. The van der Waals surface area contributed by atoms with Crippen LogP contribution < -0.4 is 5.32 Å². The maximum atomic E-state index is 3.82. The molecule has 0 aromatic heterocycles. The van der Waals surface area contributed by atoms with Crippen molar-refractivity contribution in [1.82, 2.24) is 5.32 Å². The predicted octanol–water partition coefficient (Wildman–Crippen LogP) is 5.69. The second-order valence-corrected chi connectivity index (χ2v) is 6.58. The van der Waals surface area contributed by atoms with Gasteiger partial charge >= 0.3 is 0 Å². The molecule has 0 amide bonds. The Morgan fingerprint density at radius 2 is 1.58 bits per heavy atom. The van der Waals surface area contributed by atoms with Crippen molar-refractivity contribution in [3.05, 3.63) is 0 Å². The van der Waals surface area contributed by atoms with Crippen LogP contribution in [0.4, 0.5) is 0 Å². The van der Waals surface area contributed by atoms with Gasteiger partial charge in [-0.1, -0.05) is 71.6 Å². The van der Waals surface area contributed by atoms with E-state index in [1.165, 1.54) is 90.0 Å². The molecule has 1 nitrogen and oxygen atoms in total. The van der Waals surface area contributed by atoms with Crippen molar-refractivity contribution in [1.29, 1.82) is 0 Å². The molecule has 1 heteroatoms. The summed E-state index contributed by atoms with van der Waals surface area (Å²) in [5.41, 5.74) is 0. The Morgan fingerprint density at radius 1 is 0.789 bits per heavy atom. The fourth-order valence-electron chi connectivity index (χ4n) is 3.49. The quantitative estimate of drug-likeness (QED) is 0.396. The zero-order chi connectivity index (χ0) is 13.8. The number of hydrogen-bond acceptors (Lipinski definition) is 1. The van der Waals surface area contributed by atoms with Crippen molar-refractivity contribution in [3.63, 3.8) is 0 Å². The van der Waals surface area contributed by atoms with Crippen LogP contribution in [0.5, 0.6) is 0 Å². The summed E-state index contributed by atoms with van der Waals surface area (Å²) in [4.78, 5) is 0. The van der Waals surface area contributed by atoms with Gasteiger partial charge in [0.15, 0.2) is 0 Å². The Kier molecular flexibility index (Phi) is 10.5. The number of nitrogens with one attached hydrogen (secondary N) is 1. The van der Waals surface area contributed by atoms with Gasteiger partial charge in [0.05, 0.1) is 0 Å². The molecule has 0 saturated heterocycles. The average molecular weight is 268 g/mol. The van der Waals surface area contributed by atoms with Crippen LogP contribution in [0, 0.1) is 5.92 Å². The molecule has 114 valence electrons. The molecule has 1 N–H and O–H groups in total. The van der Waals surface area contributed by atoms with Gasteiger partial charge in [-0.25, -0.2) is 0 Å². The van der Waals surface area contributed by atoms with Crippen LogP contribution >= 0.6 is 0 Å². The van der Waals surface area contributed by atoms with E-state index < -0.39 is 0 Å². The molecule has 19 heavy (non-hydrogen) atoms. The fourth-order valence-corrected chi connectivity index (χ4v) is 3.49. The molecule has 1 fully saturated rings. The molecule has 0 aliphatic heterocycles. The molecule has 0 radical (unpaired) electrons. The molecule has 2 atom stereocenters. The van der Waals surface area contributed by atoms with E-state index in [2.05, 4.69) is 19.2 Å². The van der Waals surface area contributed by atoms with Crippen LogP contribution in [0.15, 0.2) is 0 Å². The van der Waals surface area contributed by atoms with Crippen LogP contribution in [0.3, 0.4) is 0 Å². The maximum absolute atomic E-state index is 3.82. The lowest BCUT2D eigenvalue weighted by molar-refractivity contribution is 0.408. The Labute approximate surface area is 121 Å². The van der Waals surface area contributed by atoms with Gasteiger partial charge in [-0.15, -0.1) is 0 Å². The largest absolute Gasteiger partial charge is 0.314 e. The fraction of sp³-hybridized carbons (Fsp3) is 1.00. The summed E-state index contributed by atoms with van der Waals surface area (Å²) in [6, 6.07) is 0.831. The van der Waals surface area contributed by atoms with Crippen LogP contribution in [-0.4, -0.2) is 12.6 Å². The van der Waals surface area contributed by atoms with E-state index in [0.717, 1.165) is 12.0 Å². The average Bonchev–Trinajstić information content (AvgIpc) is 2.64. The minimum absolute atomic E-state index is 0.831. The summed E-state index contributed by atoms with van der Waals surface area (Å²) < 4.78 is 0. The van der Waals surface area contributed by atoms with Crippen molar-refractivity contribution in [2.24, 2.45) is 5.92 Å². The van der Waals surface area contributed by atoms with Gasteiger partial charge < -0.3 is 5.32 Å². The number of hydrogen-bond donors (Lipinski definition) is 1. The lowest BCUT2D eigenvalue weighted by Crippen LogP contribution is -2.29. The SMILES string of the molecule is CCCCCCCCNC1CCCC(CCC)CC1. The van der Waals surface area contributed by atoms with E-state index in [9.17, 15) is 0 Å². The Morgan fingerprint density at radius 3 is 2.37 bits per heavy atom. The highest BCUT2D eigenvalue weighted by Crippen LogP contribution is 2.26. The zero-order valence-electron chi connectivity index (χ0n) is 13.6. The molecule has 0 aromatic carbocycles. The highest BCUT2D eigenvalue weighted by Gasteiger charge is 2.17. The molecular weight excluding hydrogens is 230 g/mol. The molecule has 0 heterocycles. The third-order valence-electron chi connectivity index (χ3n) is 4.75. The normalized spacial score (nSPS) is 24.3. The Bertz CT molecular complexity index is 190. The van der Waals surface area contributed by atoms with Crippen molar-refractivity contribution in [2.75, 3.05) is 6.54 Å². The minimum atomic E-state index is 0.831. The first kappa shape index (κ1) is 17.0. The monoisotopic (exact) mass is 267 g/mol. The molecule has 1 rings (SSSR count). The first-order valence-electron chi connectivity index (χ1n) is 9.10. The zero-order valence-corrected chi connectivity index (χ0v) is 13.6. The van der Waals surface area contributed by atoms with Crippen molar-refractivity contribution in [2.45, 2.75) is 103 Å². The highest BCUT2D eigenvalue weighted by atomic mass is 14.9. The molecule has 0 spiro atoms. The maximum Gasteiger partial charge on any atom is 0.00671 e. The van der Waals surface area contributed by atoms with Crippen molar-refractivity contribution >= 4 is 0 Å². The van der Waals surface area contributed by atoms with E-state index >= 15 is 0 Å². The van der Waals surface area contributed by atoms with Gasteiger partial charge in [-0.2, -0.15) is 0 Å². The summed E-state index contributed by atoms with van der Waals surface area (Å²) >= 11 is 0. The van der Waals surface area contributed by atoms with E-state index in [0.29, 0.717) is 0 Å². The summed E-state index contributed by atoms with van der Waals surface area (Å²) in [7, 11) is 0. The third kappa shape index (κ3) is 8.68. The van der Waals surface area contributed by atoms with Gasteiger partial charge in [0, 0.05) is 6.04 Å². The van der Waals surface area contributed by atoms with Gasteiger partial charge in [0.2, 0.25) is 0 Å². The summed E-state index contributed by atoms with van der Waals surface area (Å²) in [6.45, 7) is 5.88. The second kappa shape index (κ2) is 11.8. The molecular formula is C18H37N. The van der Waals surface area contributed by atoms with Gasteiger partial charge in [0.25, 0.3) is 0 Å². The van der Waals surface area contributed by atoms with Crippen molar-refractivity contribution < 1.29 is 0 Å². The summed E-state index contributed by atoms with van der Waals surface area (Å²) in [6.07, 6.45) is 18.6. The Balaban J connectivity index is 1.97. The van der Waals surface area contributed by atoms with Crippen LogP contribution in [0.25, 0.3) is 0 Å².